The highest BCUT2D eigenvalue weighted by Crippen LogP contribution is 2.24. The van der Waals surface area contributed by atoms with Crippen molar-refractivity contribution < 1.29 is 4.74 Å². The van der Waals surface area contributed by atoms with Gasteiger partial charge in [0, 0.05) is 0 Å². The fraction of sp³-hybridized carbons (Fsp3) is 0.250. The molecule has 2 nitrogen and oxygen atoms in total. The second-order valence-corrected chi connectivity index (χ2v) is 4.61. The van der Waals surface area contributed by atoms with E-state index in [4.69, 9.17) is 10.5 Å². The molecule has 0 aliphatic heterocycles. The van der Waals surface area contributed by atoms with Crippen LogP contribution in [0.2, 0.25) is 0 Å². The van der Waals surface area contributed by atoms with Crippen LogP contribution in [0, 0.1) is 13.8 Å². The summed E-state index contributed by atoms with van der Waals surface area (Å²) in [7, 11) is 0. The van der Waals surface area contributed by atoms with Crippen LogP contribution in [-0.4, -0.2) is 6.54 Å². The minimum absolute atomic E-state index is 0.678. The average molecular weight is 241 g/mol. The van der Waals surface area contributed by atoms with Crippen molar-refractivity contribution in [3.63, 3.8) is 0 Å². The molecule has 0 aromatic heterocycles. The van der Waals surface area contributed by atoms with Crippen molar-refractivity contribution in [2.75, 3.05) is 6.54 Å². The molecule has 0 amide bonds. The normalized spacial score (nSPS) is 10.4. The second kappa shape index (κ2) is 5.69. The first-order valence-corrected chi connectivity index (χ1v) is 6.22. The number of hydrogen-bond donors (Lipinski definition) is 1. The van der Waals surface area contributed by atoms with Crippen LogP contribution in [0.5, 0.6) is 11.5 Å². The predicted molar refractivity (Wildman–Crippen MR) is 75.2 cm³/mol. The van der Waals surface area contributed by atoms with Gasteiger partial charge in [-0.05, 0) is 67.8 Å². The molecule has 2 heteroatoms. The molecule has 0 heterocycles. The van der Waals surface area contributed by atoms with Crippen molar-refractivity contribution in [3.8, 4) is 11.5 Å². The fourth-order valence-corrected chi connectivity index (χ4v) is 2.02. The summed E-state index contributed by atoms with van der Waals surface area (Å²) in [6.07, 6.45) is 0.907. The van der Waals surface area contributed by atoms with E-state index < -0.39 is 0 Å². The Morgan fingerprint density at radius 1 is 0.889 bits per heavy atom. The molecule has 0 aliphatic rings. The van der Waals surface area contributed by atoms with Crippen LogP contribution in [0.3, 0.4) is 0 Å². The summed E-state index contributed by atoms with van der Waals surface area (Å²) in [6, 6.07) is 14.3. The molecule has 0 unspecified atom stereocenters. The lowest BCUT2D eigenvalue weighted by molar-refractivity contribution is 0.481. The molecule has 18 heavy (non-hydrogen) atoms. The van der Waals surface area contributed by atoms with Crippen LogP contribution in [0.25, 0.3) is 0 Å². The molecule has 0 bridgehead atoms. The van der Waals surface area contributed by atoms with E-state index in [1.807, 2.05) is 24.3 Å². The fourth-order valence-electron chi connectivity index (χ4n) is 2.02. The van der Waals surface area contributed by atoms with E-state index in [9.17, 15) is 0 Å². The molecule has 0 atom stereocenters. The summed E-state index contributed by atoms with van der Waals surface area (Å²) in [6.45, 7) is 4.83. The second-order valence-electron chi connectivity index (χ2n) is 4.61. The molecule has 2 N–H and O–H groups in total. The van der Waals surface area contributed by atoms with Gasteiger partial charge in [-0.15, -0.1) is 0 Å². The molecule has 0 radical (unpaired) electrons. The van der Waals surface area contributed by atoms with Crippen molar-refractivity contribution in [1.29, 1.82) is 0 Å². The minimum Gasteiger partial charge on any atom is -0.457 e. The Labute approximate surface area is 108 Å². The monoisotopic (exact) mass is 241 g/mol. The Kier molecular flexibility index (Phi) is 4.00. The van der Waals surface area contributed by atoms with E-state index in [1.165, 1.54) is 16.7 Å². The number of ether oxygens (including phenoxy) is 1. The van der Waals surface area contributed by atoms with Gasteiger partial charge in [-0.2, -0.15) is 0 Å². The zero-order chi connectivity index (χ0) is 13.0. The number of aryl methyl sites for hydroxylation is 2. The highest BCUT2D eigenvalue weighted by Gasteiger charge is 2.00. The van der Waals surface area contributed by atoms with E-state index in [-0.39, 0.29) is 0 Å². The third-order valence-corrected chi connectivity index (χ3v) is 2.79. The highest BCUT2D eigenvalue weighted by molar-refractivity contribution is 5.37. The molecule has 2 rings (SSSR count). The predicted octanol–water partition coefficient (Wildman–Crippen LogP) is 3.60. The van der Waals surface area contributed by atoms with Crippen LogP contribution in [0.15, 0.2) is 42.5 Å². The van der Waals surface area contributed by atoms with Gasteiger partial charge in [-0.3, -0.25) is 0 Å². The van der Waals surface area contributed by atoms with Gasteiger partial charge < -0.3 is 10.5 Å². The van der Waals surface area contributed by atoms with Gasteiger partial charge >= 0.3 is 0 Å². The van der Waals surface area contributed by atoms with Gasteiger partial charge in [0.1, 0.15) is 11.5 Å². The Bertz CT molecular complexity index is 497. The SMILES string of the molecule is Cc1cc(C)cc(Oc2ccc(CCN)cc2)c1. The summed E-state index contributed by atoms with van der Waals surface area (Å²) in [4.78, 5) is 0. The number of hydrogen-bond acceptors (Lipinski definition) is 2. The van der Waals surface area contributed by atoms with Gasteiger partial charge in [-0.25, -0.2) is 0 Å². The van der Waals surface area contributed by atoms with Crippen LogP contribution < -0.4 is 10.5 Å². The van der Waals surface area contributed by atoms with Crippen molar-refractivity contribution in [3.05, 3.63) is 59.2 Å². The summed E-state index contributed by atoms with van der Waals surface area (Å²) in [5.74, 6) is 1.75. The van der Waals surface area contributed by atoms with Crippen LogP contribution in [0.4, 0.5) is 0 Å². The zero-order valence-corrected chi connectivity index (χ0v) is 10.9. The highest BCUT2D eigenvalue weighted by atomic mass is 16.5. The summed E-state index contributed by atoms with van der Waals surface area (Å²) in [5.41, 5.74) is 9.19. The number of rotatable bonds is 4. The summed E-state index contributed by atoms with van der Waals surface area (Å²) >= 11 is 0. The first-order valence-electron chi connectivity index (χ1n) is 6.22. The van der Waals surface area contributed by atoms with E-state index in [1.54, 1.807) is 0 Å². The maximum Gasteiger partial charge on any atom is 0.127 e. The summed E-state index contributed by atoms with van der Waals surface area (Å²) < 4.78 is 5.84. The molecule has 0 saturated heterocycles. The zero-order valence-electron chi connectivity index (χ0n) is 10.9. The van der Waals surface area contributed by atoms with Gasteiger partial charge in [0.25, 0.3) is 0 Å². The Balaban J connectivity index is 2.13. The van der Waals surface area contributed by atoms with E-state index in [2.05, 4.69) is 32.0 Å². The Morgan fingerprint density at radius 2 is 1.50 bits per heavy atom. The minimum atomic E-state index is 0.678. The van der Waals surface area contributed by atoms with E-state index >= 15 is 0 Å². The molecule has 0 aliphatic carbocycles. The lowest BCUT2D eigenvalue weighted by Gasteiger charge is -2.08. The standard InChI is InChI=1S/C16H19NO/c1-12-9-13(2)11-16(10-12)18-15-5-3-14(4-6-15)7-8-17/h3-6,9-11H,7-8,17H2,1-2H3. The molecular formula is C16H19NO. The van der Waals surface area contributed by atoms with Crippen molar-refractivity contribution in [1.82, 2.24) is 0 Å². The van der Waals surface area contributed by atoms with E-state index in [0.717, 1.165) is 17.9 Å². The lowest BCUT2D eigenvalue weighted by Crippen LogP contribution is -2.02. The molecule has 2 aromatic rings. The Morgan fingerprint density at radius 3 is 2.06 bits per heavy atom. The van der Waals surface area contributed by atoms with Crippen LogP contribution in [-0.2, 0) is 6.42 Å². The van der Waals surface area contributed by atoms with Crippen molar-refractivity contribution in [2.24, 2.45) is 5.73 Å². The maximum atomic E-state index is 5.84. The first kappa shape index (κ1) is 12.7. The molecule has 0 fully saturated rings. The van der Waals surface area contributed by atoms with Gasteiger partial charge in [0.2, 0.25) is 0 Å². The van der Waals surface area contributed by atoms with Gasteiger partial charge in [0.05, 0.1) is 0 Å². The summed E-state index contributed by atoms with van der Waals surface area (Å²) in [5, 5.41) is 0. The van der Waals surface area contributed by atoms with Crippen molar-refractivity contribution in [2.45, 2.75) is 20.3 Å². The molecule has 94 valence electrons. The third-order valence-electron chi connectivity index (χ3n) is 2.79. The quantitative estimate of drug-likeness (QED) is 0.887. The van der Waals surface area contributed by atoms with Crippen LogP contribution >= 0.6 is 0 Å². The van der Waals surface area contributed by atoms with Crippen molar-refractivity contribution >= 4 is 0 Å². The lowest BCUT2D eigenvalue weighted by atomic mass is 10.1. The molecule has 0 spiro atoms. The largest absolute Gasteiger partial charge is 0.457 e. The molecular weight excluding hydrogens is 222 g/mol. The topological polar surface area (TPSA) is 35.2 Å². The third kappa shape index (κ3) is 3.34. The molecule has 2 aromatic carbocycles. The average Bonchev–Trinajstić information content (AvgIpc) is 2.31. The van der Waals surface area contributed by atoms with Gasteiger partial charge in [0.15, 0.2) is 0 Å². The molecule has 0 saturated carbocycles. The Hall–Kier alpha value is -1.80. The number of nitrogens with two attached hydrogens (primary N) is 1. The smallest absolute Gasteiger partial charge is 0.127 e. The van der Waals surface area contributed by atoms with E-state index in [0.29, 0.717) is 6.54 Å². The van der Waals surface area contributed by atoms with Gasteiger partial charge in [-0.1, -0.05) is 18.2 Å². The van der Waals surface area contributed by atoms with Crippen LogP contribution in [0.1, 0.15) is 16.7 Å². The first-order chi connectivity index (χ1) is 8.67. The maximum absolute atomic E-state index is 5.84. The number of benzene rings is 2.